The predicted molar refractivity (Wildman–Crippen MR) is 62.6 cm³/mol. The summed E-state index contributed by atoms with van der Waals surface area (Å²) in [4.78, 5) is 22.7. The van der Waals surface area contributed by atoms with E-state index in [1.807, 2.05) is 31.2 Å². The summed E-state index contributed by atoms with van der Waals surface area (Å²) in [5.41, 5.74) is 1.83. The number of hydrogen-bond donors (Lipinski definition) is 0. The number of carboxylic acids is 2. The molecule has 5 nitrogen and oxygen atoms in total. The molecule has 0 radical (unpaired) electrons. The first-order valence-electron chi connectivity index (χ1n) is 5.70. The van der Waals surface area contributed by atoms with Crippen molar-refractivity contribution in [2.24, 2.45) is 0 Å². The van der Waals surface area contributed by atoms with E-state index >= 15 is 0 Å². The fourth-order valence-corrected chi connectivity index (χ4v) is 1.65. The van der Waals surface area contributed by atoms with Crippen LogP contribution in [0.5, 0.6) is 0 Å². The summed E-state index contributed by atoms with van der Waals surface area (Å²) in [6.07, 6.45) is -0.276. The molecule has 0 spiro atoms. The summed E-state index contributed by atoms with van der Waals surface area (Å²) >= 11 is 0. The Bertz CT molecular complexity index is 413. The van der Waals surface area contributed by atoms with Crippen LogP contribution in [-0.4, -0.2) is 25.0 Å². The Morgan fingerprint density at radius 1 is 1.11 bits per heavy atom. The Kier molecular flexibility index (Phi) is 5.17. The molecule has 1 aromatic carbocycles. The zero-order valence-corrected chi connectivity index (χ0v) is 10.2. The first-order chi connectivity index (χ1) is 8.49. The third-order valence-electron chi connectivity index (χ3n) is 2.54. The number of carbonyl (C=O) groups excluding carboxylic acids is 2. The number of rotatable bonds is 7. The minimum Gasteiger partial charge on any atom is -0.550 e. The molecule has 1 aromatic rings. The molecule has 0 fully saturated rings. The first-order valence-corrected chi connectivity index (χ1v) is 5.70. The molecule has 0 atom stereocenters. The molecule has 0 saturated carbocycles. The molecule has 0 amide bonds. The third-order valence-corrected chi connectivity index (χ3v) is 2.54. The van der Waals surface area contributed by atoms with Crippen molar-refractivity contribution in [3.8, 4) is 0 Å². The van der Waals surface area contributed by atoms with E-state index < -0.39 is 11.9 Å². The second-order valence-electron chi connectivity index (χ2n) is 4.07. The number of benzene rings is 1. The number of nitrogens with zero attached hydrogens (tertiary/aromatic N) is 1. The van der Waals surface area contributed by atoms with Crippen LogP contribution in [0.3, 0.4) is 0 Å². The smallest absolute Gasteiger partial charge is 0.0431 e. The zero-order chi connectivity index (χ0) is 13.5. The highest BCUT2D eigenvalue weighted by Crippen LogP contribution is 2.16. The Morgan fingerprint density at radius 2 is 1.67 bits per heavy atom. The Labute approximate surface area is 106 Å². The van der Waals surface area contributed by atoms with E-state index in [4.69, 9.17) is 0 Å². The van der Waals surface area contributed by atoms with Gasteiger partial charge in [-0.05, 0) is 24.6 Å². The molecule has 0 aromatic heterocycles. The van der Waals surface area contributed by atoms with Gasteiger partial charge in [-0.1, -0.05) is 12.1 Å². The highest BCUT2D eigenvalue weighted by molar-refractivity contribution is 5.67. The van der Waals surface area contributed by atoms with E-state index in [0.29, 0.717) is 0 Å². The molecular formula is C13H15NO4-2. The molecule has 0 aliphatic rings. The van der Waals surface area contributed by atoms with Crippen molar-refractivity contribution in [2.75, 3.05) is 18.0 Å². The third kappa shape index (κ3) is 4.86. The topological polar surface area (TPSA) is 83.5 Å². The van der Waals surface area contributed by atoms with Crippen LogP contribution in [0.4, 0.5) is 5.69 Å². The summed E-state index contributed by atoms with van der Waals surface area (Å²) in [6.45, 7) is 2.36. The summed E-state index contributed by atoms with van der Waals surface area (Å²) in [5, 5.41) is 20.9. The Morgan fingerprint density at radius 3 is 2.11 bits per heavy atom. The summed E-state index contributed by atoms with van der Waals surface area (Å²) < 4.78 is 0. The van der Waals surface area contributed by atoms with Crippen molar-refractivity contribution in [3.05, 3.63) is 29.8 Å². The van der Waals surface area contributed by atoms with Gasteiger partial charge < -0.3 is 24.7 Å². The van der Waals surface area contributed by atoms with E-state index in [2.05, 4.69) is 0 Å². The van der Waals surface area contributed by atoms with E-state index in [9.17, 15) is 19.8 Å². The second kappa shape index (κ2) is 6.64. The predicted octanol–water partition coefficient (Wildman–Crippen LogP) is -0.919. The largest absolute Gasteiger partial charge is 0.550 e. The van der Waals surface area contributed by atoms with Crippen molar-refractivity contribution in [3.63, 3.8) is 0 Å². The Hall–Kier alpha value is -2.04. The van der Waals surface area contributed by atoms with Gasteiger partial charge in [0.1, 0.15) is 0 Å². The number of carboxylic acid groups (broad SMARTS) is 2. The van der Waals surface area contributed by atoms with Crippen molar-refractivity contribution in [1.29, 1.82) is 0 Å². The van der Waals surface area contributed by atoms with Gasteiger partial charge in [0.05, 0.1) is 0 Å². The van der Waals surface area contributed by atoms with E-state index in [-0.39, 0.29) is 25.9 Å². The van der Waals surface area contributed by atoms with Gasteiger partial charge in [-0.3, -0.25) is 0 Å². The van der Waals surface area contributed by atoms with Crippen LogP contribution in [0.1, 0.15) is 18.4 Å². The van der Waals surface area contributed by atoms with Gasteiger partial charge in [-0.15, -0.1) is 0 Å². The monoisotopic (exact) mass is 249 g/mol. The molecule has 1 rings (SSSR count). The van der Waals surface area contributed by atoms with Crippen molar-refractivity contribution in [2.45, 2.75) is 19.8 Å². The first kappa shape index (κ1) is 14.0. The molecule has 98 valence electrons. The number of aryl methyl sites for hydroxylation is 1. The highest BCUT2D eigenvalue weighted by atomic mass is 16.4. The second-order valence-corrected chi connectivity index (χ2v) is 4.07. The van der Waals surface area contributed by atoms with Crippen molar-refractivity contribution >= 4 is 17.6 Å². The molecule has 0 unspecified atom stereocenters. The lowest BCUT2D eigenvalue weighted by atomic mass is 10.2. The number of carbonyl (C=O) groups is 2. The number of anilines is 1. The quantitative estimate of drug-likeness (QED) is 0.624. The molecular weight excluding hydrogens is 234 g/mol. The number of hydrogen-bond acceptors (Lipinski definition) is 5. The average Bonchev–Trinajstić information content (AvgIpc) is 2.28. The fourth-order valence-electron chi connectivity index (χ4n) is 1.65. The maximum absolute atomic E-state index is 10.5. The van der Waals surface area contributed by atoms with E-state index in [0.717, 1.165) is 11.3 Å². The lowest BCUT2D eigenvalue weighted by Gasteiger charge is -2.25. The highest BCUT2D eigenvalue weighted by Gasteiger charge is 2.06. The van der Waals surface area contributed by atoms with Gasteiger partial charge in [0.15, 0.2) is 0 Å². The van der Waals surface area contributed by atoms with Crippen molar-refractivity contribution in [1.82, 2.24) is 0 Å². The van der Waals surface area contributed by atoms with Crippen molar-refractivity contribution < 1.29 is 19.8 Å². The van der Waals surface area contributed by atoms with Crippen LogP contribution in [0.25, 0.3) is 0 Å². The Balaban J connectivity index is 2.75. The van der Waals surface area contributed by atoms with Crippen LogP contribution >= 0.6 is 0 Å². The standard InChI is InChI=1S/C13H17NO4/c1-10-3-2-4-11(9-10)14(7-5-12(15)16)8-6-13(17)18/h2-4,9H,5-8H2,1H3,(H,15,16)(H,17,18)/p-2. The van der Waals surface area contributed by atoms with Crippen LogP contribution in [0, 0.1) is 6.92 Å². The fraction of sp³-hybridized carbons (Fsp3) is 0.385. The van der Waals surface area contributed by atoms with Gasteiger partial charge >= 0.3 is 0 Å². The van der Waals surface area contributed by atoms with E-state index in [1.54, 1.807) is 4.90 Å². The van der Waals surface area contributed by atoms with Crippen LogP contribution < -0.4 is 15.1 Å². The SMILES string of the molecule is Cc1cccc(N(CCC(=O)[O-])CCC(=O)[O-])c1. The molecule has 0 bridgehead atoms. The molecule has 0 aliphatic heterocycles. The minimum absolute atomic E-state index is 0.138. The van der Waals surface area contributed by atoms with Crippen LogP contribution in [0.2, 0.25) is 0 Å². The van der Waals surface area contributed by atoms with Gasteiger partial charge in [-0.25, -0.2) is 0 Å². The van der Waals surface area contributed by atoms with E-state index in [1.165, 1.54) is 0 Å². The molecule has 0 heterocycles. The summed E-state index contributed by atoms with van der Waals surface area (Å²) in [6, 6.07) is 7.46. The molecule has 0 saturated heterocycles. The maximum atomic E-state index is 10.5. The van der Waals surface area contributed by atoms with Gasteiger partial charge in [0.2, 0.25) is 0 Å². The average molecular weight is 249 g/mol. The van der Waals surface area contributed by atoms with Gasteiger partial charge in [0, 0.05) is 43.6 Å². The number of aliphatic carboxylic acids is 2. The summed E-state index contributed by atoms with van der Waals surface area (Å²) in [5.74, 6) is -2.30. The zero-order valence-electron chi connectivity index (χ0n) is 10.2. The lowest BCUT2D eigenvalue weighted by molar-refractivity contribution is -0.306. The minimum atomic E-state index is -1.15. The summed E-state index contributed by atoms with van der Waals surface area (Å²) in [7, 11) is 0. The molecule has 0 N–H and O–H groups in total. The van der Waals surface area contributed by atoms with Gasteiger partial charge in [0.25, 0.3) is 0 Å². The molecule has 18 heavy (non-hydrogen) atoms. The van der Waals surface area contributed by atoms with Gasteiger partial charge in [-0.2, -0.15) is 0 Å². The lowest BCUT2D eigenvalue weighted by Crippen LogP contribution is -2.34. The maximum Gasteiger partial charge on any atom is 0.0431 e. The van der Waals surface area contributed by atoms with Crippen LogP contribution in [-0.2, 0) is 9.59 Å². The normalized spacial score (nSPS) is 10.1. The molecule has 5 heteroatoms. The van der Waals surface area contributed by atoms with Crippen LogP contribution in [0.15, 0.2) is 24.3 Å². The molecule has 0 aliphatic carbocycles.